The number of nitrogens with one attached hydrogen (secondary N) is 1. The smallest absolute Gasteiger partial charge is 0.245 e. The second-order valence-corrected chi connectivity index (χ2v) is 4.50. The van der Waals surface area contributed by atoms with Crippen LogP contribution in [0, 0.1) is 0 Å². The van der Waals surface area contributed by atoms with Crippen LogP contribution >= 0.6 is 34.5 Å². The molecule has 0 saturated heterocycles. The van der Waals surface area contributed by atoms with Gasteiger partial charge in [0.1, 0.15) is 0 Å². The fourth-order valence-electron chi connectivity index (χ4n) is 1.07. The average molecular weight is 276 g/mol. The van der Waals surface area contributed by atoms with Crippen LogP contribution in [0.15, 0.2) is 11.6 Å². The Hall–Kier alpha value is -0.980. The van der Waals surface area contributed by atoms with E-state index in [4.69, 9.17) is 23.2 Å². The van der Waals surface area contributed by atoms with Gasteiger partial charge in [0.25, 0.3) is 0 Å². The fraction of sp³-hybridized carbons (Fsp3) is 0.250. The Labute approximate surface area is 106 Å². The summed E-state index contributed by atoms with van der Waals surface area (Å²) in [6.07, 6.45) is 2.58. The summed E-state index contributed by atoms with van der Waals surface area (Å²) in [4.78, 5) is 8.08. The zero-order valence-electron chi connectivity index (χ0n) is 8.02. The lowest BCUT2D eigenvalue weighted by Crippen LogP contribution is -2.08. The van der Waals surface area contributed by atoms with Gasteiger partial charge in [-0.1, -0.05) is 11.6 Å². The lowest BCUT2D eigenvalue weighted by Gasteiger charge is -2.04. The fourth-order valence-corrected chi connectivity index (χ4v) is 1.96. The second-order valence-electron chi connectivity index (χ2n) is 2.82. The minimum Gasteiger partial charge on any atom is -0.367 e. The molecule has 5 nitrogen and oxygen atoms in total. The van der Waals surface area contributed by atoms with Gasteiger partial charge in [-0.2, -0.15) is 4.98 Å². The second kappa shape index (κ2) is 5.38. The minimum absolute atomic E-state index is 0.0705. The van der Waals surface area contributed by atoms with E-state index in [1.165, 1.54) is 0 Å². The summed E-state index contributed by atoms with van der Waals surface area (Å²) in [6.45, 7) is 0.669. The molecule has 2 aromatic heterocycles. The first-order valence-corrected chi connectivity index (χ1v) is 6.07. The molecule has 0 saturated carbocycles. The Balaban J connectivity index is 1.92. The molecular weight excluding hydrogens is 269 g/mol. The van der Waals surface area contributed by atoms with E-state index in [2.05, 4.69) is 25.5 Å². The molecule has 0 aliphatic rings. The van der Waals surface area contributed by atoms with Crippen LogP contribution in [-0.2, 0) is 6.42 Å². The molecular formula is C8H7Cl2N5S. The standard InChI is InChI=1S/C8H7Cl2N5S/c9-6-7(13-8(10)15-14-6)12-2-1-5-11-3-4-16-5/h3-4H,1-2H2,(H,12,13,15). The molecule has 0 aromatic carbocycles. The zero-order valence-corrected chi connectivity index (χ0v) is 10.4. The predicted octanol–water partition coefficient (Wildman–Crippen LogP) is 2.29. The molecule has 1 N–H and O–H groups in total. The number of hydrogen-bond donors (Lipinski definition) is 1. The Bertz CT molecular complexity index is 461. The van der Waals surface area contributed by atoms with Gasteiger partial charge >= 0.3 is 0 Å². The molecule has 2 heterocycles. The summed E-state index contributed by atoms with van der Waals surface area (Å²) < 4.78 is 0. The van der Waals surface area contributed by atoms with Gasteiger partial charge in [0.15, 0.2) is 11.0 Å². The number of rotatable bonds is 4. The first-order chi connectivity index (χ1) is 7.75. The van der Waals surface area contributed by atoms with E-state index in [-0.39, 0.29) is 10.4 Å². The molecule has 0 atom stereocenters. The van der Waals surface area contributed by atoms with Crippen molar-refractivity contribution in [2.75, 3.05) is 11.9 Å². The highest BCUT2D eigenvalue weighted by Gasteiger charge is 2.05. The number of aromatic nitrogens is 4. The summed E-state index contributed by atoms with van der Waals surface area (Å²) in [5.74, 6) is 0.443. The van der Waals surface area contributed by atoms with E-state index in [1.807, 2.05) is 5.38 Å². The summed E-state index contributed by atoms with van der Waals surface area (Å²) >= 11 is 13.0. The molecule has 0 radical (unpaired) electrons. The number of nitrogens with zero attached hydrogens (tertiary/aromatic N) is 4. The molecule has 2 rings (SSSR count). The highest BCUT2D eigenvalue weighted by atomic mass is 35.5. The third-order valence-corrected chi connectivity index (χ3v) is 2.99. The van der Waals surface area contributed by atoms with E-state index in [1.54, 1.807) is 17.5 Å². The van der Waals surface area contributed by atoms with Gasteiger partial charge in [-0.25, -0.2) is 4.98 Å². The number of anilines is 1. The third kappa shape index (κ3) is 3.01. The Kier molecular flexibility index (Phi) is 3.87. The Morgan fingerprint density at radius 3 is 2.94 bits per heavy atom. The topological polar surface area (TPSA) is 63.6 Å². The number of thiazole rings is 1. The maximum Gasteiger partial charge on any atom is 0.245 e. The van der Waals surface area contributed by atoms with Crippen molar-refractivity contribution in [1.82, 2.24) is 20.2 Å². The van der Waals surface area contributed by atoms with Crippen LogP contribution in [0.3, 0.4) is 0 Å². The van der Waals surface area contributed by atoms with Crippen LogP contribution < -0.4 is 5.32 Å². The quantitative estimate of drug-likeness (QED) is 0.928. The summed E-state index contributed by atoms with van der Waals surface area (Å²) in [6, 6.07) is 0. The van der Waals surface area contributed by atoms with Gasteiger partial charge in [0.2, 0.25) is 5.28 Å². The SMILES string of the molecule is Clc1nnc(Cl)c(NCCc2nccs2)n1. The van der Waals surface area contributed by atoms with E-state index in [0.717, 1.165) is 11.4 Å². The van der Waals surface area contributed by atoms with E-state index in [0.29, 0.717) is 12.4 Å². The van der Waals surface area contributed by atoms with Crippen LogP contribution in [0.5, 0.6) is 0 Å². The van der Waals surface area contributed by atoms with Crippen LogP contribution in [0.25, 0.3) is 0 Å². The minimum atomic E-state index is 0.0705. The number of halogens is 2. The first-order valence-electron chi connectivity index (χ1n) is 4.43. The maximum absolute atomic E-state index is 5.79. The first kappa shape index (κ1) is 11.5. The predicted molar refractivity (Wildman–Crippen MR) is 64.2 cm³/mol. The van der Waals surface area contributed by atoms with Crippen LogP contribution in [0.1, 0.15) is 5.01 Å². The molecule has 0 unspecified atom stereocenters. The number of hydrogen-bond acceptors (Lipinski definition) is 6. The van der Waals surface area contributed by atoms with Gasteiger partial charge in [0, 0.05) is 24.5 Å². The monoisotopic (exact) mass is 275 g/mol. The summed E-state index contributed by atoms with van der Waals surface area (Å²) in [5.41, 5.74) is 0. The molecule has 8 heteroatoms. The normalized spacial score (nSPS) is 10.4. The van der Waals surface area contributed by atoms with Crippen molar-refractivity contribution in [3.8, 4) is 0 Å². The lowest BCUT2D eigenvalue weighted by molar-refractivity contribution is 0.939. The molecule has 0 aliphatic heterocycles. The van der Waals surface area contributed by atoms with E-state index in [9.17, 15) is 0 Å². The van der Waals surface area contributed by atoms with Crippen LogP contribution in [-0.4, -0.2) is 26.7 Å². The molecule has 0 spiro atoms. The van der Waals surface area contributed by atoms with Crippen LogP contribution in [0.4, 0.5) is 5.82 Å². The average Bonchev–Trinajstić information content (AvgIpc) is 2.76. The Morgan fingerprint density at radius 1 is 1.31 bits per heavy atom. The largest absolute Gasteiger partial charge is 0.367 e. The van der Waals surface area contributed by atoms with Crippen LogP contribution in [0.2, 0.25) is 10.4 Å². The highest BCUT2D eigenvalue weighted by molar-refractivity contribution is 7.09. The van der Waals surface area contributed by atoms with E-state index >= 15 is 0 Å². The van der Waals surface area contributed by atoms with Crippen molar-refractivity contribution >= 4 is 40.4 Å². The van der Waals surface area contributed by atoms with Crippen molar-refractivity contribution in [3.05, 3.63) is 27.0 Å². The van der Waals surface area contributed by atoms with Gasteiger partial charge in [-0.3, -0.25) is 0 Å². The van der Waals surface area contributed by atoms with Crippen molar-refractivity contribution < 1.29 is 0 Å². The van der Waals surface area contributed by atoms with Gasteiger partial charge in [-0.15, -0.1) is 21.5 Å². The van der Waals surface area contributed by atoms with Crippen molar-refractivity contribution in [3.63, 3.8) is 0 Å². The molecule has 0 bridgehead atoms. The molecule has 2 aromatic rings. The molecule has 0 fully saturated rings. The molecule has 0 amide bonds. The molecule has 16 heavy (non-hydrogen) atoms. The zero-order chi connectivity index (χ0) is 11.4. The maximum atomic E-state index is 5.79. The lowest BCUT2D eigenvalue weighted by atomic mass is 10.4. The summed E-state index contributed by atoms with van der Waals surface area (Å²) in [5, 5.41) is 13.5. The van der Waals surface area contributed by atoms with Gasteiger partial charge in [-0.05, 0) is 11.6 Å². The van der Waals surface area contributed by atoms with Gasteiger partial charge < -0.3 is 5.32 Å². The molecule has 0 aliphatic carbocycles. The van der Waals surface area contributed by atoms with Crippen molar-refractivity contribution in [1.29, 1.82) is 0 Å². The van der Waals surface area contributed by atoms with Crippen molar-refractivity contribution in [2.45, 2.75) is 6.42 Å². The van der Waals surface area contributed by atoms with Gasteiger partial charge in [0.05, 0.1) is 5.01 Å². The van der Waals surface area contributed by atoms with Crippen molar-refractivity contribution in [2.24, 2.45) is 0 Å². The third-order valence-electron chi connectivity index (χ3n) is 1.73. The highest BCUT2D eigenvalue weighted by Crippen LogP contribution is 2.16. The summed E-state index contributed by atoms with van der Waals surface area (Å²) in [7, 11) is 0. The molecule has 84 valence electrons. The Morgan fingerprint density at radius 2 is 2.19 bits per heavy atom. The van der Waals surface area contributed by atoms with E-state index < -0.39 is 0 Å².